The van der Waals surface area contributed by atoms with Crippen LogP contribution in [0, 0.1) is 5.92 Å². The molecule has 1 fully saturated rings. The molecule has 0 heterocycles. The van der Waals surface area contributed by atoms with Gasteiger partial charge in [0.25, 0.3) is 0 Å². The average molecular weight is 243 g/mol. The third-order valence-electron chi connectivity index (χ3n) is 4.00. The van der Waals surface area contributed by atoms with Crippen molar-refractivity contribution in [2.45, 2.75) is 32.2 Å². The van der Waals surface area contributed by atoms with Crippen LogP contribution in [0.1, 0.15) is 30.9 Å². The number of guanidine groups is 1. The first-order valence-corrected chi connectivity index (χ1v) is 6.97. The Morgan fingerprint density at radius 1 is 1.33 bits per heavy atom. The standard InChI is InChI=1S/C15H21N3/c1-3-16-15(17-4-2)18-14-12-9-10-7-5-6-8-11(10)13(12)14/h5-8,12-14H,3-4,9H2,1-2H3,(H2,16,17,18)/t12-,13-,14-/m1/s1. The van der Waals surface area contributed by atoms with Crippen LogP contribution < -0.4 is 10.6 Å². The third kappa shape index (κ3) is 1.88. The topological polar surface area (TPSA) is 36.4 Å². The second-order valence-electron chi connectivity index (χ2n) is 5.12. The highest BCUT2D eigenvalue weighted by atomic mass is 15.2. The first kappa shape index (κ1) is 11.6. The molecule has 1 aromatic carbocycles. The number of nitrogens with one attached hydrogen (secondary N) is 2. The van der Waals surface area contributed by atoms with Crippen molar-refractivity contribution in [2.75, 3.05) is 13.1 Å². The third-order valence-corrected chi connectivity index (χ3v) is 4.00. The summed E-state index contributed by atoms with van der Waals surface area (Å²) in [5.41, 5.74) is 3.09. The van der Waals surface area contributed by atoms with Gasteiger partial charge in [0.05, 0.1) is 0 Å². The molecule has 2 aliphatic rings. The van der Waals surface area contributed by atoms with Crippen LogP contribution in [0.15, 0.2) is 29.3 Å². The molecule has 0 spiro atoms. The summed E-state index contributed by atoms with van der Waals surface area (Å²) < 4.78 is 0. The molecular formula is C15H21N3. The molecular weight excluding hydrogens is 222 g/mol. The molecule has 0 saturated heterocycles. The number of fused-ring (bicyclic) bond motifs is 3. The number of nitrogens with zero attached hydrogens (tertiary/aromatic N) is 1. The summed E-state index contributed by atoms with van der Waals surface area (Å²) in [6.45, 7) is 5.93. The lowest BCUT2D eigenvalue weighted by Crippen LogP contribution is -2.40. The van der Waals surface area contributed by atoms with Crippen molar-refractivity contribution in [2.24, 2.45) is 10.9 Å². The smallest absolute Gasteiger partial charge is 0.191 e. The van der Waals surface area contributed by atoms with E-state index >= 15 is 0 Å². The zero-order chi connectivity index (χ0) is 12.5. The van der Waals surface area contributed by atoms with Gasteiger partial charge in [-0.1, -0.05) is 24.3 Å². The average Bonchev–Trinajstić information content (AvgIpc) is 2.89. The second kappa shape index (κ2) is 4.63. The molecule has 0 unspecified atom stereocenters. The lowest BCUT2D eigenvalue weighted by Gasteiger charge is -2.13. The summed E-state index contributed by atoms with van der Waals surface area (Å²) in [7, 11) is 0. The summed E-state index contributed by atoms with van der Waals surface area (Å²) in [5.74, 6) is 2.46. The van der Waals surface area contributed by atoms with Gasteiger partial charge in [0.15, 0.2) is 5.96 Å². The van der Waals surface area contributed by atoms with Gasteiger partial charge < -0.3 is 10.6 Å². The van der Waals surface area contributed by atoms with Gasteiger partial charge in [0.2, 0.25) is 0 Å². The summed E-state index contributed by atoms with van der Waals surface area (Å²) in [6, 6.07) is 9.44. The molecule has 0 bridgehead atoms. The zero-order valence-electron chi connectivity index (χ0n) is 11.1. The minimum Gasteiger partial charge on any atom is -0.357 e. The Labute approximate surface area is 109 Å². The van der Waals surface area contributed by atoms with Crippen LogP contribution >= 0.6 is 0 Å². The van der Waals surface area contributed by atoms with E-state index in [1.54, 1.807) is 11.1 Å². The number of aliphatic imine (C=N–C) groups is 1. The van der Waals surface area contributed by atoms with Gasteiger partial charge in [-0.15, -0.1) is 0 Å². The monoisotopic (exact) mass is 243 g/mol. The second-order valence-corrected chi connectivity index (χ2v) is 5.12. The summed E-state index contributed by atoms with van der Waals surface area (Å²) in [6.07, 6.45) is 1.23. The molecule has 18 heavy (non-hydrogen) atoms. The molecule has 2 N–H and O–H groups in total. The number of hydrogen-bond donors (Lipinski definition) is 2. The fraction of sp³-hybridized carbons (Fsp3) is 0.533. The number of benzene rings is 1. The van der Waals surface area contributed by atoms with E-state index in [4.69, 9.17) is 0 Å². The van der Waals surface area contributed by atoms with Crippen molar-refractivity contribution in [1.29, 1.82) is 0 Å². The normalized spacial score (nSPS) is 28.6. The van der Waals surface area contributed by atoms with Gasteiger partial charge in [0, 0.05) is 25.0 Å². The van der Waals surface area contributed by atoms with Crippen molar-refractivity contribution in [1.82, 2.24) is 10.6 Å². The molecule has 3 heteroatoms. The van der Waals surface area contributed by atoms with Crippen molar-refractivity contribution in [3.63, 3.8) is 0 Å². The van der Waals surface area contributed by atoms with Gasteiger partial charge >= 0.3 is 0 Å². The Bertz CT molecular complexity index is 467. The van der Waals surface area contributed by atoms with E-state index in [-0.39, 0.29) is 0 Å². The predicted molar refractivity (Wildman–Crippen MR) is 75.0 cm³/mol. The minimum absolute atomic E-state index is 0.587. The zero-order valence-corrected chi connectivity index (χ0v) is 11.1. The fourth-order valence-electron chi connectivity index (χ4n) is 3.18. The Morgan fingerprint density at radius 2 is 2.17 bits per heavy atom. The first-order valence-electron chi connectivity index (χ1n) is 6.97. The van der Waals surface area contributed by atoms with Crippen LogP contribution in [0.25, 0.3) is 0 Å². The maximum absolute atomic E-state index is 4.47. The highest BCUT2D eigenvalue weighted by molar-refractivity contribution is 5.81. The van der Waals surface area contributed by atoms with Crippen LogP contribution in [0.5, 0.6) is 0 Å². The minimum atomic E-state index is 0.587. The lowest BCUT2D eigenvalue weighted by molar-refractivity contribution is 0.723. The molecule has 0 aliphatic heterocycles. The molecule has 0 radical (unpaired) electrons. The van der Waals surface area contributed by atoms with Crippen LogP contribution in [0.4, 0.5) is 0 Å². The van der Waals surface area contributed by atoms with Gasteiger partial charge in [-0.25, -0.2) is 0 Å². The Balaban J connectivity index is 1.67. The van der Waals surface area contributed by atoms with Crippen LogP contribution in [0.3, 0.4) is 0 Å². The molecule has 1 saturated carbocycles. The summed E-state index contributed by atoms with van der Waals surface area (Å²) >= 11 is 0. The quantitative estimate of drug-likeness (QED) is 0.628. The van der Waals surface area contributed by atoms with Crippen LogP contribution in [-0.2, 0) is 6.42 Å². The highest BCUT2D eigenvalue weighted by Gasteiger charge is 2.55. The maximum Gasteiger partial charge on any atom is 0.191 e. The van der Waals surface area contributed by atoms with E-state index in [0.717, 1.165) is 25.0 Å². The molecule has 0 amide bonds. The van der Waals surface area contributed by atoms with E-state index in [1.807, 2.05) is 0 Å². The largest absolute Gasteiger partial charge is 0.357 e. The molecule has 0 aromatic heterocycles. The van der Waals surface area contributed by atoms with Crippen molar-refractivity contribution in [3.8, 4) is 0 Å². The summed E-state index contributed by atoms with van der Waals surface area (Å²) in [5, 5.41) is 6.88. The van der Waals surface area contributed by atoms with E-state index in [1.165, 1.54) is 6.42 Å². The number of rotatable bonds is 3. The SMILES string of the molecule is CCN=C(NCC)N[C@@H]1[C@@H]2Cc3ccccc3[C@H]21. The van der Waals surface area contributed by atoms with Gasteiger partial charge in [-0.05, 0) is 37.3 Å². The number of hydrogen-bond acceptors (Lipinski definition) is 1. The van der Waals surface area contributed by atoms with Crippen molar-refractivity contribution in [3.05, 3.63) is 35.4 Å². The molecule has 2 aliphatic carbocycles. The fourth-order valence-corrected chi connectivity index (χ4v) is 3.18. The van der Waals surface area contributed by atoms with Gasteiger partial charge in [-0.3, -0.25) is 4.99 Å². The predicted octanol–water partition coefficient (Wildman–Crippen LogP) is 1.90. The van der Waals surface area contributed by atoms with E-state index < -0.39 is 0 Å². The molecule has 1 aromatic rings. The van der Waals surface area contributed by atoms with E-state index in [0.29, 0.717) is 12.0 Å². The molecule has 3 rings (SSSR count). The molecule has 3 atom stereocenters. The Morgan fingerprint density at radius 3 is 2.94 bits per heavy atom. The highest BCUT2D eigenvalue weighted by Crippen LogP contribution is 2.56. The van der Waals surface area contributed by atoms with Crippen LogP contribution in [0.2, 0.25) is 0 Å². The first-order chi connectivity index (χ1) is 8.85. The van der Waals surface area contributed by atoms with Gasteiger partial charge in [-0.2, -0.15) is 0 Å². The van der Waals surface area contributed by atoms with Crippen molar-refractivity contribution < 1.29 is 0 Å². The van der Waals surface area contributed by atoms with Crippen molar-refractivity contribution >= 4 is 5.96 Å². The maximum atomic E-state index is 4.47. The Kier molecular flexibility index (Phi) is 2.98. The summed E-state index contributed by atoms with van der Waals surface area (Å²) in [4.78, 5) is 4.47. The molecule has 96 valence electrons. The van der Waals surface area contributed by atoms with E-state index in [2.05, 4.69) is 53.7 Å². The van der Waals surface area contributed by atoms with E-state index in [9.17, 15) is 0 Å². The van der Waals surface area contributed by atoms with Crippen LogP contribution in [-0.4, -0.2) is 25.1 Å². The van der Waals surface area contributed by atoms with Gasteiger partial charge in [0.1, 0.15) is 0 Å². The lowest BCUT2D eigenvalue weighted by atomic mass is 10.1. The molecule has 3 nitrogen and oxygen atoms in total. The Hall–Kier alpha value is -1.51.